The van der Waals surface area contributed by atoms with E-state index in [-0.39, 0.29) is 0 Å². The summed E-state index contributed by atoms with van der Waals surface area (Å²) in [6.45, 7) is 4.03. The maximum Gasteiger partial charge on any atom is 0.335 e. The normalized spacial score (nSPS) is 10.0. The Bertz CT molecular complexity index is 316. The van der Waals surface area contributed by atoms with E-state index in [4.69, 9.17) is 5.11 Å². The third-order valence-corrected chi connectivity index (χ3v) is 2.24. The molecule has 0 amide bonds. The number of rotatable bonds is 3. The summed E-state index contributed by atoms with van der Waals surface area (Å²) in [5.41, 5.74) is 2.56. The summed E-state index contributed by atoms with van der Waals surface area (Å²) >= 11 is 0. The molecule has 13 heavy (non-hydrogen) atoms. The van der Waals surface area contributed by atoms with Crippen LogP contribution in [-0.2, 0) is 12.8 Å². The highest BCUT2D eigenvalue weighted by molar-refractivity contribution is 5.89. The average Bonchev–Trinajstić information content (AvgIpc) is 2.16. The first-order valence-electron chi connectivity index (χ1n) is 4.54. The predicted molar refractivity (Wildman–Crippen MR) is 52.2 cm³/mol. The van der Waals surface area contributed by atoms with Gasteiger partial charge in [0, 0.05) is 0 Å². The van der Waals surface area contributed by atoms with Crippen molar-refractivity contribution in [2.45, 2.75) is 26.7 Å². The summed E-state index contributed by atoms with van der Waals surface area (Å²) in [5, 5.41) is 8.92. The lowest BCUT2D eigenvalue weighted by Crippen LogP contribution is -2.04. The summed E-state index contributed by atoms with van der Waals surface area (Å²) in [6.07, 6.45) is 1.68. The van der Waals surface area contributed by atoms with Gasteiger partial charge in [-0.1, -0.05) is 26.0 Å². The number of carbonyl (C=O) groups is 1. The van der Waals surface area contributed by atoms with Gasteiger partial charge in [0.2, 0.25) is 0 Å². The molecule has 0 atom stereocenters. The Morgan fingerprint density at radius 3 is 2.46 bits per heavy atom. The van der Waals surface area contributed by atoms with E-state index in [2.05, 4.69) is 0 Å². The minimum absolute atomic E-state index is 0.446. The van der Waals surface area contributed by atoms with Gasteiger partial charge in [-0.25, -0.2) is 4.79 Å². The summed E-state index contributed by atoms with van der Waals surface area (Å²) in [7, 11) is 0. The molecule has 0 saturated carbocycles. The first-order chi connectivity index (χ1) is 6.20. The van der Waals surface area contributed by atoms with Crippen LogP contribution in [0.5, 0.6) is 0 Å². The summed E-state index contributed by atoms with van der Waals surface area (Å²) in [5.74, 6) is -0.827. The average molecular weight is 178 g/mol. The number of carboxylic acids is 1. The summed E-state index contributed by atoms with van der Waals surface area (Å²) in [4.78, 5) is 10.8. The molecule has 0 radical (unpaired) electrons. The molecule has 1 aromatic carbocycles. The lowest BCUT2D eigenvalue weighted by molar-refractivity contribution is 0.0695. The Kier molecular flexibility index (Phi) is 3.07. The maximum absolute atomic E-state index is 10.8. The van der Waals surface area contributed by atoms with Crippen LogP contribution in [0.4, 0.5) is 0 Å². The predicted octanol–water partition coefficient (Wildman–Crippen LogP) is 2.51. The molecule has 0 bridgehead atoms. The molecule has 0 spiro atoms. The molecule has 0 aromatic heterocycles. The van der Waals surface area contributed by atoms with E-state index in [0.717, 1.165) is 24.0 Å². The van der Waals surface area contributed by atoms with Crippen LogP contribution in [-0.4, -0.2) is 11.1 Å². The smallest absolute Gasteiger partial charge is 0.335 e. The summed E-state index contributed by atoms with van der Waals surface area (Å²) in [6, 6.07) is 5.47. The minimum Gasteiger partial charge on any atom is -0.478 e. The van der Waals surface area contributed by atoms with Crippen molar-refractivity contribution in [1.82, 2.24) is 0 Å². The highest BCUT2D eigenvalue weighted by atomic mass is 16.4. The van der Waals surface area contributed by atoms with Crippen molar-refractivity contribution in [1.29, 1.82) is 0 Å². The van der Waals surface area contributed by atoms with Crippen molar-refractivity contribution in [3.05, 3.63) is 34.9 Å². The van der Waals surface area contributed by atoms with Crippen molar-refractivity contribution in [2.24, 2.45) is 0 Å². The lowest BCUT2D eigenvalue weighted by atomic mass is 9.97. The second-order valence-corrected chi connectivity index (χ2v) is 2.96. The van der Waals surface area contributed by atoms with E-state index in [1.165, 1.54) is 0 Å². The molecule has 0 fully saturated rings. The Morgan fingerprint density at radius 2 is 2.00 bits per heavy atom. The van der Waals surface area contributed by atoms with Gasteiger partial charge < -0.3 is 5.11 Å². The zero-order valence-corrected chi connectivity index (χ0v) is 8.00. The van der Waals surface area contributed by atoms with Crippen LogP contribution in [0, 0.1) is 0 Å². The number of hydrogen-bond donors (Lipinski definition) is 1. The summed E-state index contributed by atoms with van der Waals surface area (Å²) < 4.78 is 0. The number of carboxylic acid groups (broad SMARTS) is 1. The minimum atomic E-state index is -0.827. The molecule has 0 aliphatic heterocycles. The Balaban J connectivity index is 3.27. The zero-order valence-electron chi connectivity index (χ0n) is 8.00. The molecule has 2 nitrogen and oxygen atoms in total. The molecule has 1 N–H and O–H groups in total. The quantitative estimate of drug-likeness (QED) is 0.772. The molecule has 1 aromatic rings. The number of aryl methyl sites for hydroxylation is 1. The maximum atomic E-state index is 10.8. The van der Waals surface area contributed by atoms with Gasteiger partial charge in [0.05, 0.1) is 5.56 Å². The van der Waals surface area contributed by atoms with Gasteiger partial charge in [0.15, 0.2) is 0 Å². The standard InChI is InChI=1S/C11H14O2/c1-3-8-6-5-7-10(11(12)13)9(8)4-2/h5-7H,3-4H2,1-2H3,(H,12,13). The largest absolute Gasteiger partial charge is 0.478 e. The Hall–Kier alpha value is -1.31. The van der Waals surface area contributed by atoms with Crippen LogP contribution in [0.15, 0.2) is 18.2 Å². The van der Waals surface area contributed by atoms with Gasteiger partial charge in [0.1, 0.15) is 0 Å². The van der Waals surface area contributed by atoms with Gasteiger partial charge in [-0.05, 0) is 30.0 Å². The lowest BCUT2D eigenvalue weighted by Gasteiger charge is -2.08. The fourth-order valence-corrected chi connectivity index (χ4v) is 1.58. The van der Waals surface area contributed by atoms with Crippen molar-refractivity contribution in [3.8, 4) is 0 Å². The van der Waals surface area contributed by atoms with E-state index >= 15 is 0 Å². The second-order valence-electron chi connectivity index (χ2n) is 2.96. The van der Waals surface area contributed by atoms with Crippen molar-refractivity contribution < 1.29 is 9.90 Å². The number of aromatic carboxylic acids is 1. The van der Waals surface area contributed by atoms with Crippen molar-refractivity contribution >= 4 is 5.97 Å². The second kappa shape index (κ2) is 4.08. The van der Waals surface area contributed by atoms with Crippen molar-refractivity contribution in [3.63, 3.8) is 0 Å². The monoisotopic (exact) mass is 178 g/mol. The third kappa shape index (κ3) is 1.89. The SMILES string of the molecule is CCc1cccc(C(=O)O)c1CC. The highest BCUT2D eigenvalue weighted by Crippen LogP contribution is 2.16. The van der Waals surface area contributed by atoms with Gasteiger partial charge in [-0.2, -0.15) is 0 Å². The highest BCUT2D eigenvalue weighted by Gasteiger charge is 2.10. The number of hydrogen-bond acceptors (Lipinski definition) is 1. The Labute approximate surface area is 78.2 Å². The van der Waals surface area contributed by atoms with Gasteiger partial charge >= 0.3 is 5.97 Å². The van der Waals surface area contributed by atoms with E-state index < -0.39 is 5.97 Å². The third-order valence-electron chi connectivity index (χ3n) is 2.24. The first-order valence-corrected chi connectivity index (χ1v) is 4.54. The molecular weight excluding hydrogens is 164 g/mol. The fourth-order valence-electron chi connectivity index (χ4n) is 1.58. The number of benzene rings is 1. The van der Waals surface area contributed by atoms with E-state index in [1.54, 1.807) is 12.1 Å². The van der Waals surface area contributed by atoms with Crippen LogP contribution >= 0.6 is 0 Å². The Morgan fingerprint density at radius 1 is 1.31 bits per heavy atom. The molecular formula is C11H14O2. The van der Waals surface area contributed by atoms with Crippen molar-refractivity contribution in [2.75, 3.05) is 0 Å². The molecule has 0 aliphatic carbocycles. The molecule has 0 unspecified atom stereocenters. The van der Waals surface area contributed by atoms with Crippen LogP contribution in [0.1, 0.15) is 35.3 Å². The van der Waals surface area contributed by atoms with Gasteiger partial charge in [-0.3, -0.25) is 0 Å². The molecule has 0 heterocycles. The molecule has 0 aliphatic rings. The first kappa shape index (κ1) is 9.78. The van der Waals surface area contributed by atoms with E-state index in [1.807, 2.05) is 19.9 Å². The van der Waals surface area contributed by atoms with Crippen LogP contribution < -0.4 is 0 Å². The zero-order chi connectivity index (χ0) is 9.84. The molecule has 1 rings (SSSR count). The van der Waals surface area contributed by atoms with Crippen LogP contribution in [0.3, 0.4) is 0 Å². The fraction of sp³-hybridized carbons (Fsp3) is 0.364. The molecule has 2 heteroatoms. The van der Waals surface area contributed by atoms with Gasteiger partial charge in [-0.15, -0.1) is 0 Å². The van der Waals surface area contributed by atoms with Gasteiger partial charge in [0.25, 0.3) is 0 Å². The van der Waals surface area contributed by atoms with Crippen LogP contribution in [0.2, 0.25) is 0 Å². The van der Waals surface area contributed by atoms with E-state index in [0.29, 0.717) is 5.56 Å². The molecule has 70 valence electrons. The van der Waals surface area contributed by atoms with E-state index in [9.17, 15) is 4.79 Å². The topological polar surface area (TPSA) is 37.3 Å². The van der Waals surface area contributed by atoms with Crippen LogP contribution in [0.25, 0.3) is 0 Å². The molecule has 0 saturated heterocycles.